The molecule has 0 aliphatic heterocycles. The second kappa shape index (κ2) is 4.90. The van der Waals surface area contributed by atoms with Crippen molar-refractivity contribution in [1.82, 2.24) is 4.57 Å². The third-order valence-electron chi connectivity index (χ3n) is 3.27. The predicted octanol–water partition coefficient (Wildman–Crippen LogP) is 2.96. The van der Waals surface area contributed by atoms with Crippen LogP contribution in [0.1, 0.15) is 15.9 Å². The molecule has 100 valence electrons. The molecule has 1 heterocycles. The number of nitrogens with zero attached hydrogens (tertiary/aromatic N) is 1. The third-order valence-corrected chi connectivity index (χ3v) is 3.27. The van der Waals surface area contributed by atoms with Crippen LogP contribution in [0, 0.1) is 5.82 Å². The monoisotopic (exact) mass is 269 g/mol. The first-order valence-electron chi connectivity index (χ1n) is 6.21. The molecule has 3 aromatic rings. The summed E-state index contributed by atoms with van der Waals surface area (Å²) >= 11 is 0. The van der Waals surface area contributed by atoms with Crippen LogP contribution in [-0.2, 0) is 6.61 Å². The summed E-state index contributed by atoms with van der Waals surface area (Å²) in [6.07, 6.45) is 1.62. The standard InChI is InChI=1S/C16H12FNO2/c17-13-7-5-11(6-8-13)16(20)18-9-12(10-19)14-3-1-2-4-15(14)18/h1-9,19H,10H2. The summed E-state index contributed by atoms with van der Waals surface area (Å²) in [6, 6.07) is 12.8. The Morgan fingerprint density at radius 2 is 1.80 bits per heavy atom. The van der Waals surface area contributed by atoms with Gasteiger partial charge in [0.2, 0.25) is 0 Å². The lowest BCUT2D eigenvalue weighted by atomic mass is 10.2. The molecule has 0 fully saturated rings. The van der Waals surface area contributed by atoms with Crippen LogP contribution in [0.2, 0.25) is 0 Å². The topological polar surface area (TPSA) is 42.2 Å². The first-order chi connectivity index (χ1) is 9.70. The van der Waals surface area contributed by atoms with E-state index in [0.29, 0.717) is 11.1 Å². The van der Waals surface area contributed by atoms with Crippen LogP contribution < -0.4 is 0 Å². The highest BCUT2D eigenvalue weighted by atomic mass is 19.1. The van der Waals surface area contributed by atoms with Gasteiger partial charge >= 0.3 is 0 Å². The van der Waals surface area contributed by atoms with Crippen molar-refractivity contribution in [3.05, 3.63) is 71.7 Å². The molecule has 4 heteroatoms. The van der Waals surface area contributed by atoms with Gasteiger partial charge in [-0.25, -0.2) is 4.39 Å². The number of aromatic nitrogens is 1. The van der Waals surface area contributed by atoms with Crippen molar-refractivity contribution in [2.75, 3.05) is 0 Å². The lowest BCUT2D eigenvalue weighted by molar-refractivity contribution is 0.0964. The van der Waals surface area contributed by atoms with Crippen LogP contribution in [0.5, 0.6) is 0 Å². The van der Waals surface area contributed by atoms with Crippen molar-refractivity contribution in [3.63, 3.8) is 0 Å². The van der Waals surface area contributed by atoms with Gasteiger partial charge in [-0.05, 0) is 30.3 Å². The molecule has 0 bridgehead atoms. The molecule has 0 saturated heterocycles. The van der Waals surface area contributed by atoms with Crippen LogP contribution in [-0.4, -0.2) is 15.6 Å². The molecule has 0 unspecified atom stereocenters. The van der Waals surface area contributed by atoms with Crippen molar-refractivity contribution in [3.8, 4) is 0 Å². The fourth-order valence-electron chi connectivity index (χ4n) is 2.28. The van der Waals surface area contributed by atoms with E-state index in [1.54, 1.807) is 6.20 Å². The molecule has 20 heavy (non-hydrogen) atoms. The Labute approximate surface area is 114 Å². The highest BCUT2D eigenvalue weighted by Gasteiger charge is 2.14. The van der Waals surface area contributed by atoms with Gasteiger partial charge in [-0.3, -0.25) is 9.36 Å². The highest BCUT2D eigenvalue weighted by molar-refractivity contribution is 6.02. The molecule has 0 radical (unpaired) electrons. The van der Waals surface area contributed by atoms with Crippen LogP contribution >= 0.6 is 0 Å². The molecule has 1 aromatic heterocycles. The summed E-state index contributed by atoms with van der Waals surface area (Å²) < 4.78 is 14.4. The van der Waals surface area contributed by atoms with E-state index in [1.807, 2.05) is 24.3 Å². The summed E-state index contributed by atoms with van der Waals surface area (Å²) in [4.78, 5) is 12.5. The minimum Gasteiger partial charge on any atom is -0.392 e. The quantitative estimate of drug-likeness (QED) is 0.777. The number of benzene rings is 2. The zero-order valence-electron chi connectivity index (χ0n) is 10.6. The fourth-order valence-corrected chi connectivity index (χ4v) is 2.28. The van der Waals surface area contributed by atoms with E-state index in [-0.39, 0.29) is 18.3 Å². The number of hydrogen-bond acceptors (Lipinski definition) is 2. The maximum atomic E-state index is 12.9. The van der Waals surface area contributed by atoms with Crippen molar-refractivity contribution >= 4 is 16.8 Å². The van der Waals surface area contributed by atoms with Crippen molar-refractivity contribution in [1.29, 1.82) is 0 Å². The first kappa shape index (κ1) is 12.6. The minimum atomic E-state index is -0.380. The average Bonchev–Trinajstić information content (AvgIpc) is 2.86. The third kappa shape index (κ3) is 2.00. The van der Waals surface area contributed by atoms with Gasteiger partial charge in [-0.2, -0.15) is 0 Å². The number of hydrogen-bond donors (Lipinski definition) is 1. The molecule has 1 N–H and O–H groups in total. The molecule has 3 nitrogen and oxygen atoms in total. The molecular formula is C16H12FNO2. The summed E-state index contributed by atoms with van der Waals surface area (Å²) in [6.45, 7) is -0.135. The van der Waals surface area contributed by atoms with Gasteiger partial charge in [0.1, 0.15) is 5.82 Å². The van der Waals surface area contributed by atoms with Gasteiger partial charge in [0.25, 0.3) is 5.91 Å². The van der Waals surface area contributed by atoms with E-state index >= 15 is 0 Å². The van der Waals surface area contributed by atoms with Gasteiger partial charge in [0.15, 0.2) is 0 Å². The Hall–Kier alpha value is -2.46. The van der Waals surface area contributed by atoms with Crippen molar-refractivity contribution in [2.45, 2.75) is 6.61 Å². The Kier molecular flexibility index (Phi) is 3.08. The zero-order chi connectivity index (χ0) is 14.1. The van der Waals surface area contributed by atoms with Gasteiger partial charge < -0.3 is 5.11 Å². The normalized spacial score (nSPS) is 10.9. The van der Waals surface area contributed by atoms with Gasteiger partial charge in [0, 0.05) is 22.7 Å². The SMILES string of the molecule is O=C(c1ccc(F)cc1)n1cc(CO)c2ccccc21. The lowest BCUT2D eigenvalue weighted by Gasteiger charge is -2.04. The maximum Gasteiger partial charge on any atom is 0.262 e. The van der Waals surface area contributed by atoms with Gasteiger partial charge in [0.05, 0.1) is 12.1 Å². The molecule has 0 amide bonds. The molecule has 3 rings (SSSR count). The molecule has 0 aliphatic rings. The van der Waals surface area contributed by atoms with E-state index in [1.165, 1.54) is 28.8 Å². The van der Waals surface area contributed by atoms with E-state index in [0.717, 1.165) is 10.9 Å². The van der Waals surface area contributed by atoms with Crippen molar-refractivity contribution < 1.29 is 14.3 Å². The summed E-state index contributed by atoms with van der Waals surface area (Å²) in [5, 5.41) is 10.2. The Bertz CT molecular complexity index is 775. The molecule has 2 aromatic carbocycles. The molecule has 0 spiro atoms. The number of carbonyl (C=O) groups excluding carboxylic acids is 1. The Morgan fingerprint density at radius 1 is 1.10 bits per heavy atom. The van der Waals surface area contributed by atoms with Gasteiger partial charge in [-0.1, -0.05) is 18.2 Å². The van der Waals surface area contributed by atoms with E-state index in [4.69, 9.17) is 0 Å². The number of fused-ring (bicyclic) bond motifs is 1. The van der Waals surface area contributed by atoms with Crippen molar-refractivity contribution in [2.24, 2.45) is 0 Å². The highest BCUT2D eigenvalue weighted by Crippen LogP contribution is 2.22. The fraction of sp³-hybridized carbons (Fsp3) is 0.0625. The summed E-state index contributed by atoms with van der Waals surface area (Å²) in [5.74, 6) is -0.629. The van der Waals surface area contributed by atoms with E-state index in [2.05, 4.69) is 0 Å². The Balaban J connectivity index is 2.14. The smallest absolute Gasteiger partial charge is 0.262 e. The second-order valence-electron chi connectivity index (χ2n) is 4.51. The number of aliphatic hydroxyl groups excluding tert-OH is 1. The Morgan fingerprint density at radius 3 is 2.50 bits per heavy atom. The molecule has 0 saturated carbocycles. The largest absolute Gasteiger partial charge is 0.392 e. The number of para-hydroxylation sites is 1. The van der Waals surface area contributed by atoms with E-state index < -0.39 is 0 Å². The summed E-state index contributed by atoms with van der Waals surface area (Å²) in [7, 11) is 0. The second-order valence-corrected chi connectivity index (χ2v) is 4.51. The lowest BCUT2D eigenvalue weighted by Crippen LogP contribution is -2.10. The predicted molar refractivity (Wildman–Crippen MR) is 74.0 cm³/mol. The van der Waals surface area contributed by atoms with Crippen LogP contribution in [0.4, 0.5) is 4.39 Å². The molecule has 0 atom stereocenters. The maximum absolute atomic E-state index is 12.9. The van der Waals surface area contributed by atoms with E-state index in [9.17, 15) is 14.3 Å². The number of halogens is 1. The summed E-state index contributed by atoms with van der Waals surface area (Å²) in [5.41, 5.74) is 1.82. The number of aliphatic hydroxyl groups is 1. The van der Waals surface area contributed by atoms with Gasteiger partial charge in [-0.15, -0.1) is 0 Å². The average molecular weight is 269 g/mol. The van der Waals surface area contributed by atoms with Crippen LogP contribution in [0.15, 0.2) is 54.7 Å². The molecule has 0 aliphatic carbocycles. The first-order valence-corrected chi connectivity index (χ1v) is 6.21. The number of rotatable bonds is 2. The van der Waals surface area contributed by atoms with Crippen LogP contribution in [0.3, 0.4) is 0 Å². The number of carbonyl (C=O) groups is 1. The minimum absolute atomic E-state index is 0.135. The molecular weight excluding hydrogens is 257 g/mol. The van der Waals surface area contributed by atoms with Crippen LogP contribution in [0.25, 0.3) is 10.9 Å². The zero-order valence-corrected chi connectivity index (χ0v) is 10.6.